The molecule has 0 spiro atoms. The minimum atomic E-state index is 0.732. The van der Waals surface area contributed by atoms with Crippen molar-refractivity contribution in [2.45, 2.75) is 26.3 Å². The molecule has 0 atom stereocenters. The molecule has 5 rings (SSSR count). The van der Waals surface area contributed by atoms with Gasteiger partial charge in [-0.05, 0) is 59.5 Å². The van der Waals surface area contributed by atoms with Crippen LogP contribution >= 0.6 is 0 Å². The molecule has 0 bridgehead atoms. The van der Waals surface area contributed by atoms with E-state index >= 15 is 0 Å². The number of para-hydroxylation sites is 1. The molecule has 0 amide bonds. The summed E-state index contributed by atoms with van der Waals surface area (Å²) in [6.07, 6.45) is 2.18. The number of fused-ring (bicyclic) bond motifs is 5. The second-order valence-electron chi connectivity index (χ2n) is 8.17. The lowest BCUT2D eigenvalue weighted by atomic mass is 9.89. The first-order valence-corrected chi connectivity index (χ1v) is 11.0. The summed E-state index contributed by atoms with van der Waals surface area (Å²) in [5, 5.41) is 3.86. The van der Waals surface area contributed by atoms with E-state index in [9.17, 15) is 0 Å². The summed E-state index contributed by atoms with van der Waals surface area (Å²) in [4.78, 5) is 7.76. The summed E-state index contributed by atoms with van der Waals surface area (Å²) in [7, 11) is 3.38. The smallest absolute Gasteiger partial charge is 0.170 e. The van der Waals surface area contributed by atoms with Gasteiger partial charge in [0.15, 0.2) is 11.5 Å². The maximum absolute atomic E-state index is 5.79. The highest BCUT2D eigenvalue weighted by atomic mass is 16.5. The largest absolute Gasteiger partial charge is 0.493 e. The molecule has 0 N–H and O–H groups in total. The molecule has 0 unspecified atom stereocenters. The van der Waals surface area contributed by atoms with Crippen molar-refractivity contribution in [2.75, 3.05) is 27.3 Å². The molecule has 1 aromatic heterocycles. The molecule has 0 radical (unpaired) electrons. The van der Waals surface area contributed by atoms with E-state index in [1.165, 1.54) is 27.3 Å². The lowest BCUT2D eigenvalue weighted by Crippen LogP contribution is -2.32. The molecule has 2 heterocycles. The van der Waals surface area contributed by atoms with Crippen LogP contribution in [-0.4, -0.2) is 37.2 Å². The number of hydrogen-bond donors (Lipinski definition) is 0. The molecule has 1 aliphatic rings. The highest BCUT2D eigenvalue weighted by Gasteiger charge is 2.26. The predicted octanol–water partition coefficient (Wildman–Crippen LogP) is 5.84. The third kappa shape index (κ3) is 3.31. The van der Waals surface area contributed by atoms with Gasteiger partial charge in [-0.15, -0.1) is 0 Å². The van der Waals surface area contributed by atoms with Gasteiger partial charge >= 0.3 is 0 Å². The molecule has 3 aromatic carbocycles. The quantitative estimate of drug-likeness (QED) is 0.386. The fourth-order valence-electron chi connectivity index (χ4n) is 4.97. The number of benzene rings is 3. The van der Waals surface area contributed by atoms with E-state index in [1.54, 1.807) is 14.2 Å². The Labute approximate surface area is 183 Å². The van der Waals surface area contributed by atoms with Crippen molar-refractivity contribution in [3.05, 3.63) is 65.7 Å². The van der Waals surface area contributed by atoms with Crippen LogP contribution in [0, 0.1) is 0 Å². The summed E-state index contributed by atoms with van der Waals surface area (Å²) < 4.78 is 11.4. The number of aromatic nitrogens is 1. The average molecular weight is 413 g/mol. The van der Waals surface area contributed by atoms with Gasteiger partial charge in [0.05, 0.1) is 25.4 Å². The molecular formula is C27H28N2O2. The topological polar surface area (TPSA) is 34.6 Å². The van der Waals surface area contributed by atoms with Crippen molar-refractivity contribution in [3.8, 4) is 22.8 Å². The Morgan fingerprint density at radius 2 is 1.81 bits per heavy atom. The summed E-state index contributed by atoms with van der Waals surface area (Å²) in [6, 6.07) is 19.0. The van der Waals surface area contributed by atoms with Crippen molar-refractivity contribution in [2.24, 2.45) is 0 Å². The van der Waals surface area contributed by atoms with Gasteiger partial charge in [-0.2, -0.15) is 0 Å². The standard InChI is InChI=1S/C27H28N2O2/c1-4-15-29-16-14-20-22(17-29)26(21-10-7-11-24(30-2)27(21)31-3)28-23-13-12-18-8-5-6-9-19(18)25(20)23/h5-13H,4,14-17H2,1-3H3. The number of pyridine rings is 1. The summed E-state index contributed by atoms with van der Waals surface area (Å²) in [5.41, 5.74) is 5.78. The number of hydrogen-bond acceptors (Lipinski definition) is 4. The summed E-state index contributed by atoms with van der Waals surface area (Å²) >= 11 is 0. The minimum Gasteiger partial charge on any atom is -0.493 e. The minimum absolute atomic E-state index is 0.732. The van der Waals surface area contributed by atoms with Crippen molar-refractivity contribution >= 4 is 21.7 Å². The van der Waals surface area contributed by atoms with Crippen LogP contribution in [0.15, 0.2) is 54.6 Å². The van der Waals surface area contributed by atoms with E-state index in [0.29, 0.717) is 0 Å². The fourth-order valence-corrected chi connectivity index (χ4v) is 4.97. The van der Waals surface area contributed by atoms with Crippen LogP contribution in [0.25, 0.3) is 32.9 Å². The molecule has 31 heavy (non-hydrogen) atoms. The maximum atomic E-state index is 5.79. The lowest BCUT2D eigenvalue weighted by Gasteiger charge is -2.31. The van der Waals surface area contributed by atoms with Crippen LogP contribution in [0.3, 0.4) is 0 Å². The van der Waals surface area contributed by atoms with Gasteiger partial charge in [-0.25, -0.2) is 4.98 Å². The van der Waals surface area contributed by atoms with E-state index in [1.807, 2.05) is 12.1 Å². The van der Waals surface area contributed by atoms with Gasteiger partial charge in [0.25, 0.3) is 0 Å². The molecule has 0 fully saturated rings. The van der Waals surface area contributed by atoms with E-state index in [-0.39, 0.29) is 0 Å². The predicted molar refractivity (Wildman–Crippen MR) is 127 cm³/mol. The summed E-state index contributed by atoms with van der Waals surface area (Å²) in [6.45, 7) is 5.33. The highest BCUT2D eigenvalue weighted by molar-refractivity contribution is 6.09. The van der Waals surface area contributed by atoms with Crippen LogP contribution in [0.4, 0.5) is 0 Å². The molecule has 4 aromatic rings. The Bertz CT molecular complexity index is 1270. The molecule has 1 aliphatic heterocycles. The molecule has 0 saturated carbocycles. The third-order valence-corrected chi connectivity index (χ3v) is 6.35. The van der Waals surface area contributed by atoms with Gasteiger partial charge in [0.1, 0.15) is 0 Å². The van der Waals surface area contributed by atoms with Crippen LogP contribution in [0.5, 0.6) is 11.5 Å². The van der Waals surface area contributed by atoms with Crippen molar-refractivity contribution in [1.29, 1.82) is 0 Å². The molecule has 0 saturated heterocycles. The molecule has 158 valence electrons. The van der Waals surface area contributed by atoms with Gasteiger partial charge < -0.3 is 9.47 Å². The van der Waals surface area contributed by atoms with E-state index in [2.05, 4.69) is 54.3 Å². The molecule has 0 aliphatic carbocycles. The zero-order valence-corrected chi connectivity index (χ0v) is 18.4. The van der Waals surface area contributed by atoms with E-state index < -0.39 is 0 Å². The molecule has 4 nitrogen and oxygen atoms in total. The lowest BCUT2D eigenvalue weighted by molar-refractivity contribution is 0.255. The van der Waals surface area contributed by atoms with Crippen LogP contribution in [0.2, 0.25) is 0 Å². The average Bonchev–Trinajstić information content (AvgIpc) is 2.82. The zero-order valence-electron chi connectivity index (χ0n) is 18.4. The van der Waals surface area contributed by atoms with Crippen LogP contribution in [0.1, 0.15) is 24.5 Å². The first-order valence-electron chi connectivity index (χ1n) is 11.0. The van der Waals surface area contributed by atoms with Crippen molar-refractivity contribution in [1.82, 2.24) is 9.88 Å². The van der Waals surface area contributed by atoms with E-state index in [0.717, 1.165) is 60.7 Å². The first kappa shape index (κ1) is 19.8. The Morgan fingerprint density at radius 3 is 2.61 bits per heavy atom. The number of methoxy groups -OCH3 is 2. The van der Waals surface area contributed by atoms with Gasteiger partial charge in [-0.3, -0.25) is 4.90 Å². The van der Waals surface area contributed by atoms with Gasteiger partial charge in [0, 0.05) is 24.0 Å². The number of rotatable bonds is 5. The van der Waals surface area contributed by atoms with Crippen molar-refractivity contribution < 1.29 is 9.47 Å². The van der Waals surface area contributed by atoms with Crippen LogP contribution < -0.4 is 9.47 Å². The second kappa shape index (κ2) is 8.20. The maximum Gasteiger partial charge on any atom is 0.170 e. The SMILES string of the molecule is CCCN1CCc2c(c(-c3cccc(OC)c3OC)nc3ccc4ccccc4c23)C1. The monoisotopic (exact) mass is 412 g/mol. The Kier molecular flexibility index (Phi) is 5.24. The summed E-state index contributed by atoms with van der Waals surface area (Å²) in [5.74, 6) is 1.47. The van der Waals surface area contributed by atoms with Gasteiger partial charge in [-0.1, -0.05) is 43.3 Å². The zero-order chi connectivity index (χ0) is 21.4. The van der Waals surface area contributed by atoms with E-state index in [4.69, 9.17) is 14.5 Å². The van der Waals surface area contributed by atoms with Crippen LogP contribution in [-0.2, 0) is 13.0 Å². The Morgan fingerprint density at radius 1 is 0.935 bits per heavy atom. The fraction of sp³-hybridized carbons (Fsp3) is 0.296. The molecular weight excluding hydrogens is 384 g/mol. The normalized spacial score (nSPS) is 14.0. The number of ether oxygens (including phenoxy) is 2. The second-order valence-corrected chi connectivity index (χ2v) is 8.17. The van der Waals surface area contributed by atoms with Crippen molar-refractivity contribution in [3.63, 3.8) is 0 Å². The number of nitrogens with zero attached hydrogens (tertiary/aromatic N) is 2. The highest BCUT2D eigenvalue weighted by Crippen LogP contribution is 2.42. The first-order chi connectivity index (χ1) is 15.2. The Hall–Kier alpha value is -3.11. The Balaban J connectivity index is 1.84. The van der Waals surface area contributed by atoms with Gasteiger partial charge in [0.2, 0.25) is 0 Å². The third-order valence-electron chi connectivity index (χ3n) is 6.35. The molecule has 4 heteroatoms.